The van der Waals surface area contributed by atoms with E-state index in [0.29, 0.717) is 0 Å². The molecule has 1 aliphatic carbocycles. The molecule has 3 aromatic rings. The molecule has 134 valence electrons. The molecule has 0 bridgehead atoms. The monoisotopic (exact) mass is 347 g/mol. The fourth-order valence-electron chi connectivity index (χ4n) is 4.28. The summed E-state index contributed by atoms with van der Waals surface area (Å²) < 4.78 is 2.02. The number of aryl methyl sites for hydroxylation is 1. The van der Waals surface area contributed by atoms with E-state index in [2.05, 4.69) is 24.0 Å². The number of aromatic nitrogens is 4. The van der Waals surface area contributed by atoms with Crippen molar-refractivity contribution in [2.45, 2.75) is 45.4 Å². The lowest BCUT2D eigenvalue weighted by atomic mass is 9.94. The van der Waals surface area contributed by atoms with Crippen molar-refractivity contribution in [2.75, 3.05) is 18.0 Å². The Kier molecular flexibility index (Phi) is 3.88. The Balaban J connectivity index is 1.68. The van der Waals surface area contributed by atoms with Crippen molar-refractivity contribution in [1.29, 1.82) is 0 Å². The van der Waals surface area contributed by atoms with Gasteiger partial charge < -0.3 is 4.90 Å². The van der Waals surface area contributed by atoms with Crippen molar-refractivity contribution in [3.8, 4) is 11.4 Å². The number of fused-ring (bicyclic) bond motifs is 2. The van der Waals surface area contributed by atoms with E-state index < -0.39 is 0 Å². The minimum absolute atomic E-state index is 0.748. The highest BCUT2D eigenvalue weighted by Gasteiger charge is 2.26. The Labute approximate surface area is 154 Å². The lowest BCUT2D eigenvalue weighted by Gasteiger charge is -2.34. The van der Waals surface area contributed by atoms with E-state index in [4.69, 9.17) is 15.1 Å². The molecule has 0 unspecified atom stereocenters. The molecule has 1 fully saturated rings. The average Bonchev–Trinajstić information content (AvgIpc) is 3.11. The average molecular weight is 347 g/mol. The fraction of sp³-hybridized carbons (Fsp3) is 0.476. The molecule has 0 saturated carbocycles. The number of piperidine rings is 1. The lowest BCUT2D eigenvalue weighted by Crippen LogP contribution is -2.35. The maximum Gasteiger partial charge on any atom is 0.254 e. The first-order valence-electron chi connectivity index (χ1n) is 9.88. The summed E-state index contributed by atoms with van der Waals surface area (Å²) >= 11 is 0. The number of rotatable bonds is 2. The molecule has 1 aliphatic heterocycles. The van der Waals surface area contributed by atoms with Gasteiger partial charge in [-0.3, -0.25) is 0 Å². The van der Waals surface area contributed by atoms with Crippen LogP contribution in [0, 0.1) is 5.92 Å². The van der Waals surface area contributed by atoms with E-state index in [0.717, 1.165) is 49.0 Å². The summed E-state index contributed by atoms with van der Waals surface area (Å²) in [6, 6.07) is 10.2. The zero-order valence-electron chi connectivity index (χ0n) is 15.4. The Hall–Kier alpha value is -2.43. The molecule has 0 atom stereocenters. The minimum Gasteiger partial charge on any atom is -0.356 e. The second kappa shape index (κ2) is 6.38. The number of anilines is 1. The molecule has 26 heavy (non-hydrogen) atoms. The van der Waals surface area contributed by atoms with Gasteiger partial charge in [0.15, 0.2) is 5.82 Å². The first-order chi connectivity index (χ1) is 12.8. The van der Waals surface area contributed by atoms with Crippen molar-refractivity contribution in [3.63, 3.8) is 0 Å². The van der Waals surface area contributed by atoms with E-state index in [1.54, 1.807) is 0 Å². The molecule has 3 heterocycles. The van der Waals surface area contributed by atoms with E-state index in [1.165, 1.54) is 42.8 Å². The Morgan fingerprint density at radius 2 is 1.73 bits per heavy atom. The van der Waals surface area contributed by atoms with Gasteiger partial charge in [0, 0.05) is 24.2 Å². The van der Waals surface area contributed by atoms with Crippen molar-refractivity contribution in [1.82, 2.24) is 19.6 Å². The predicted octanol–water partition coefficient (Wildman–Crippen LogP) is 3.91. The maximum atomic E-state index is 4.90. The van der Waals surface area contributed by atoms with Crippen molar-refractivity contribution in [3.05, 3.63) is 41.6 Å². The van der Waals surface area contributed by atoms with E-state index >= 15 is 0 Å². The van der Waals surface area contributed by atoms with Gasteiger partial charge >= 0.3 is 0 Å². The molecule has 5 nitrogen and oxygen atoms in total. The molecular weight excluding hydrogens is 322 g/mol. The molecule has 5 rings (SSSR count). The summed E-state index contributed by atoms with van der Waals surface area (Å²) in [6.07, 6.45) is 7.15. The van der Waals surface area contributed by atoms with Crippen LogP contribution in [0.25, 0.3) is 17.2 Å². The smallest absolute Gasteiger partial charge is 0.254 e. The third-order valence-electron chi connectivity index (χ3n) is 5.85. The van der Waals surface area contributed by atoms with Gasteiger partial charge in [-0.2, -0.15) is 9.50 Å². The zero-order valence-corrected chi connectivity index (χ0v) is 15.4. The van der Waals surface area contributed by atoms with Gasteiger partial charge in [0.2, 0.25) is 0 Å². The Bertz CT molecular complexity index is 922. The molecule has 0 spiro atoms. The van der Waals surface area contributed by atoms with Crippen LogP contribution >= 0.6 is 0 Å². The van der Waals surface area contributed by atoms with Crippen LogP contribution in [0.4, 0.5) is 5.82 Å². The van der Waals surface area contributed by atoms with Gasteiger partial charge in [0.1, 0.15) is 5.82 Å². The van der Waals surface area contributed by atoms with Gasteiger partial charge in [-0.1, -0.05) is 37.3 Å². The maximum absolute atomic E-state index is 4.90. The number of hydrogen-bond acceptors (Lipinski definition) is 4. The first kappa shape index (κ1) is 15.8. The normalized spacial score (nSPS) is 18.3. The Morgan fingerprint density at radius 3 is 2.54 bits per heavy atom. The van der Waals surface area contributed by atoms with Gasteiger partial charge in [-0.15, -0.1) is 5.10 Å². The second-order valence-electron chi connectivity index (χ2n) is 7.75. The molecule has 1 aromatic carbocycles. The third-order valence-corrected chi connectivity index (χ3v) is 5.85. The highest BCUT2D eigenvalue weighted by Crippen LogP contribution is 2.33. The highest BCUT2D eigenvalue weighted by molar-refractivity contribution is 5.61. The van der Waals surface area contributed by atoms with Gasteiger partial charge in [0.05, 0.1) is 5.69 Å². The molecule has 2 aliphatic rings. The van der Waals surface area contributed by atoms with E-state index in [9.17, 15) is 0 Å². The van der Waals surface area contributed by atoms with Crippen LogP contribution in [-0.2, 0) is 12.8 Å². The molecule has 1 saturated heterocycles. The van der Waals surface area contributed by atoms with Crippen molar-refractivity contribution in [2.24, 2.45) is 5.92 Å². The molecule has 5 heteroatoms. The summed E-state index contributed by atoms with van der Waals surface area (Å²) in [5, 5.41) is 4.89. The number of benzene rings is 1. The van der Waals surface area contributed by atoms with Crippen molar-refractivity contribution < 1.29 is 0 Å². The number of hydrogen-bond donors (Lipinski definition) is 0. The second-order valence-corrected chi connectivity index (χ2v) is 7.75. The summed E-state index contributed by atoms with van der Waals surface area (Å²) in [5.41, 5.74) is 3.70. The summed E-state index contributed by atoms with van der Waals surface area (Å²) in [6.45, 7) is 4.57. The summed E-state index contributed by atoms with van der Waals surface area (Å²) in [7, 11) is 0. The van der Waals surface area contributed by atoms with Crippen LogP contribution in [0.5, 0.6) is 0 Å². The van der Waals surface area contributed by atoms with Crippen LogP contribution in [0.3, 0.4) is 0 Å². The molecular formula is C21H25N5. The van der Waals surface area contributed by atoms with Gasteiger partial charge in [0.25, 0.3) is 5.78 Å². The van der Waals surface area contributed by atoms with Gasteiger partial charge in [-0.25, -0.2) is 4.98 Å². The SMILES string of the molecule is CC1CCN(c2c3c(nc4nc(-c5ccccc5)nn24)CCCC3)CC1. The molecule has 2 aromatic heterocycles. The predicted molar refractivity (Wildman–Crippen MR) is 103 cm³/mol. The van der Waals surface area contributed by atoms with Crippen LogP contribution < -0.4 is 4.90 Å². The first-order valence-corrected chi connectivity index (χ1v) is 9.88. The molecule has 0 N–H and O–H groups in total. The van der Waals surface area contributed by atoms with Crippen LogP contribution in [0.1, 0.15) is 43.9 Å². The third kappa shape index (κ3) is 2.66. The summed E-state index contributed by atoms with van der Waals surface area (Å²) in [5.74, 6) is 3.59. The van der Waals surface area contributed by atoms with Crippen LogP contribution in [0.15, 0.2) is 30.3 Å². The van der Waals surface area contributed by atoms with Crippen molar-refractivity contribution >= 4 is 11.6 Å². The standard InChI is InChI=1S/C21H25N5/c1-15-11-13-25(14-12-15)20-17-9-5-6-10-18(17)22-21-23-19(24-26(20)21)16-7-3-2-4-8-16/h2-4,7-8,15H,5-6,9-14H2,1H3. The lowest BCUT2D eigenvalue weighted by molar-refractivity contribution is 0.433. The molecule has 0 amide bonds. The highest BCUT2D eigenvalue weighted by atomic mass is 15.4. The van der Waals surface area contributed by atoms with E-state index in [-0.39, 0.29) is 0 Å². The van der Waals surface area contributed by atoms with Crippen LogP contribution in [0.2, 0.25) is 0 Å². The zero-order chi connectivity index (χ0) is 17.5. The Morgan fingerprint density at radius 1 is 0.962 bits per heavy atom. The van der Waals surface area contributed by atoms with E-state index in [1.807, 2.05) is 22.7 Å². The minimum atomic E-state index is 0.748. The van der Waals surface area contributed by atoms with Crippen LogP contribution in [-0.4, -0.2) is 32.7 Å². The quantitative estimate of drug-likeness (QED) is 0.705. The number of nitrogens with zero attached hydrogens (tertiary/aromatic N) is 5. The fourth-order valence-corrected chi connectivity index (χ4v) is 4.28. The molecule has 0 radical (unpaired) electrons. The largest absolute Gasteiger partial charge is 0.356 e. The topological polar surface area (TPSA) is 46.3 Å². The summed E-state index contributed by atoms with van der Waals surface area (Å²) in [4.78, 5) is 12.2. The van der Waals surface area contributed by atoms with Gasteiger partial charge in [-0.05, 0) is 44.4 Å².